The molecule has 0 spiro atoms. The van der Waals surface area contributed by atoms with Gasteiger partial charge in [0.1, 0.15) is 0 Å². The number of hydrogen-bond donors (Lipinski definition) is 0. The molecule has 0 rings (SSSR count). The van der Waals surface area contributed by atoms with Crippen molar-refractivity contribution in [2.24, 2.45) is 0 Å². The third kappa shape index (κ3) is 3.92. The zero-order valence-electron chi connectivity index (χ0n) is 9.72. The standard InChI is InChI=1S/C11H20O3/c1-6-11(4,14-7-2)8-9(3)10(12)13-5/h8H,6-7H2,1-5H3. The lowest BCUT2D eigenvalue weighted by atomic mass is 10.00. The van der Waals surface area contributed by atoms with Crippen LogP contribution in [0, 0.1) is 0 Å². The molecule has 3 heteroatoms. The molecule has 14 heavy (non-hydrogen) atoms. The molecular weight excluding hydrogens is 180 g/mol. The fraction of sp³-hybridized carbons (Fsp3) is 0.727. The molecule has 3 nitrogen and oxygen atoms in total. The van der Waals surface area contributed by atoms with Crippen LogP contribution in [0.5, 0.6) is 0 Å². The molecular formula is C11H20O3. The Morgan fingerprint density at radius 2 is 2.00 bits per heavy atom. The summed E-state index contributed by atoms with van der Waals surface area (Å²) in [5, 5.41) is 0. The van der Waals surface area contributed by atoms with Crippen LogP contribution in [0.4, 0.5) is 0 Å². The first kappa shape index (κ1) is 13.2. The van der Waals surface area contributed by atoms with Gasteiger partial charge in [-0.15, -0.1) is 0 Å². The molecule has 0 aliphatic rings. The lowest BCUT2D eigenvalue weighted by molar-refractivity contribution is -0.136. The van der Waals surface area contributed by atoms with Gasteiger partial charge in [-0.2, -0.15) is 0 Å². The molecule has 0 saturated heterocycles. The lowest BCUT2D eigenvalue weighted by Gasteiger charge is -2.24. The average Bonchev–Trinajstić information content (AvgIpc) is 2.16. The second-order valence-electron chi connectivity index (χ2n) is 3.42. The van der Waals surface area contributed by atoms with E-state index in [4.69, 9.17) is 4.74 Å². The fourth-order valence-electron chi connectivity index (χ4n) is 1.25. The van der Waals surface area contributed by atoms with Gasteiger partial charge in [0, 0.05) is 12.2 Å². The topological polar surface area (TPSA) is 35.5 Å². The van der Waals surface area contributed by atoms with E-state index < -0.39 is 0 Å². The summed E-state index contributed by atoms with van der Waals surface area (Å²) < 4.78 is 10.2. The highest BCUT2D eigenvalue weighted by molar-refractivity contribution is 5.87. The summed E-state index contributed by atoms with van der Waals surface area (Å²) in [6, 6.07) is 0. The van der Waals surface area contributed by atoms with Crippen molar-refractivity contribution in [2.75, 3.05) is 13.7 Å². The van der Waals surface area contributed by atoms with E-state index in [1.807, 2.05) is 26.8 Å². The summed E-state index contributed by atoms with van der Waals surface area (Å²) in [4.78, 5) is 11.2. The lowest BCUT2D eigenvalue weighted by Crippen LogP contribution is -2.26. The Kier molecular flexibility index (Phi) is 5.46. The Morgan fingerprint density at radius 3 is 2.36 bits per heavy atom. The fourth-order valence-corrected chi connectivity index (χ4v) is 1.25. The number of ether oxygens (including phenoxy) is 2. The van der Waals surface area contributed by atoms with Crippen molar-refractivity contribution in [2.45, 2.75) is 39.7 Å². The number of rotatable bonds is 5. The van der Waals surface area contributed by atoms with Gasteiger partial charge in [-0.05, 0) is 33.3 Å². The Hall–Kier alpha value is -0.830. The van der Waals surface area contributed by atoms with Crippen LogP contribution in [-0.4, -0.2) is 25.3 Å². The maximum Gasteiger partial charge on any atom is 0.333 e. The van der Waals surface area contributed by atoms with E-state index in [2.05, 4.69) is 4.74 Å². The van der Waals surface area contributed by atoms with Gasteiger partial charge >= 0.3 is 5.97 Å². The Morgan fingerprint density at radius 1 is 1.43 bits per heavy atom. The van der Waals surface area contributed by atoms with Gasteiger partial charge in [-0.3, -0.25) is 0 Å². The minimum absolute atomic E-state index is 0.302. The van der Waals surface area contributed by atoms with Crippen LogP contribution in [0.3, 0.4) is 0 Å². The largest absolute Gasteiger partial charge is 0.466 e. The highest BCUT2D eigenvalue weighted by atomic mass is 16.5. The third-order valence-electron chi connectivity index (χ3n) is 2.21. The molecule has 1 unspecified atom stereocenters. The normalized spacial score (nSPS) is 16.2. The number of methoxy groups -OCH3 is 1. The molecule has 0 saturated carbocycles. The van der Waals surface area contributed by atoms with E-state index in [9.17, 15) is 4.79 Å². The second-order valence-corrected chi connectivity index (χ2v) is 3.42. The van der Waals surface area contributed by atoms with Gasteiger partial charge in [0.15, 0.2) is 0 Å². The summed E-state index contributed by atoms with van der Waals surface area (Å²) >= 11 is 0. The van der Waals surface area contributed by atoms with E-state index in [0.29, 0.717) is 12.2 Å². The molecule has 0 aliphatic heterocycles. The first-order valence-corrected chi connectivity index (χ1v) is 4.90. The molecule has 0 aliphatic carbocycles. The second kappa shape index (κ2) is 5.81. The monoisotopic (exact) mass is 200 g/mol. The minimum atomic E-state index is -0.368. The van der Waals surface area contributed by atoms with Crippen molar-refractivity contribution in [1.29, 1.82) is 0 Å². The molecule has 0 amide bonds. The summed E-state index contributed by atoms with van der Waals surface area (Å²) in [5.74, 6) is -0.302. The maximum atomic E-state index is 11.2. The average molecular weight is 200 g/mol. The van der Waals surface area contributed by atoms with E-state index >= 15 is 0 Å². The maximum absolute atomic E-state index is 11.2. The SMILES string of the molecule is CCOC(C)(C=C(C)C(=O)OC)CC. The number of hydrogen-bond acceptors (Lipinski definition) is 3. The molecule has 0 bridgehead atoms. The van der Waals surface area contributed by atoms with Crippen LogP contribution in [-0.2, 0) is 14.3 Å². The Balaban J connectivity index is 4.63. The van der Waals surface area contributed by atoms with Crippen LogP contribution in [0.1, 0.15) is 34.1 Å². The van der Waals surface area contributed by atoms with Crippen LogP contribution >= 0.6 is 0 Å². The van der Waals surface area contributed by atoms with Gasteiger partial charge < -0.3 is 9.47 Å². The van der Waals surface area contributed by atoms with Crippen LogP contribution < -0.4 is 0 Å². The van der Waals surface area contributed by atoms with Crippen LogP contribution in [0.25, 0.3) is 0 Å². The zero-order valence-corrected chi connectivity index (χ0v) is 9.72. The molecule has 1 atom stereocenters. The van der Waals surface area contributed by atoms with Crippen molar-refractivity contribution in [3.63, 3.8) is 0 Å². The van der Waals surface area contributed by atoms with Crippen molar-refractivity contribution in [3.8, 4) is 0 Å². The predicted octanol–water partition coefficient (Wildman–Crippen LogP) is 2.31. The van der Waals surface area contributed by atoms with E-state index in [1.165, 1.54) is 7.11 Å². The molecule has 0 heterocycles. The Bertz CT molecular complexity index is 221. The molecule has 0 aromatic rings. The summed E-state index contributed by atoms with van der Waals surface area (Å²) in [7, 11) is 1.38. The van der Waals surface area contributed by atoms with Crippen molar-refractivity contribution in [1.82, 2.24) is 0 Å². The number of carbonyl (C=O) groups is 1. The van der Waals surface area contributed by atoms with Crippen molar-refractivity contribution in [3.05, 3.63) is 11.6 Å². The van der Waals surface area contributed by atoms with E-state index in [0.717, 1.165) is 6.42 Å². The van der Waals surface area contributed by atoms with Crippen molar-refractivity contribution >= 4 is 5.97 Å². The Labute approximate surface area is 86.1 Å². The third-order valence-corrected chi connectivity index (χ3v) is 2.21. The van der Waals surface area contributed by atoms with Crippen molar-refractivity contribution < 1.29 is 14.3 Å². The van der Waals surface area contributed by atoms with E-state index in [1.54, 1.807) is 6.92 Å². The molecule has 0 N–H and O–H groups in total. The van der Waals surface area contributed by atoms with Gasteiger partial charge in [0.25, 0.3) is 0 Å². The highest BCUT2D eigenvalue weighted by Gasteiger charge is 2.20. The van der Waals surface area contributed by atoms with Gasteiger partial charge in [0.2, 0.25) is 0 Å². The molecule has 0 fully saturated rings. The molecule has 0 aromatic heterocycles. The summed E-state index contributed by atoms with van der Waals surface area (Å²) in [6.07, 6.45) is 2.65. The van der Waals surface area contributed by atoms with Crippen LogP contribution in [0.15, 0.2) is 11.6 Å². The van der Waals surface area contributed by atoms with Gasteiger partial charge in [-0.1, -0.05) is 6.92 Å². The molecule has 82 valence electrons. The summed E-state index contributed by atoms with van der Waals surface area (Å²) in [5.41, 5.74) is 0.220. The number of carbonyl (C=O) groups excluding carboxylic acids is 1. The minimum Gasteiger partial charge on any atom is -0.466 e. The summed E-state index contributed by atoms with van der Waals surface area (Å²) in [6.45, 7) is 8.29. The quantitative estimate of drug-likeness (QED) is 0.504. The molecule has 0 aromatic carbocycles. The van der Waals surface area contributed by atoms with Gasteiger partial charge in [-0.25, -0.2) is 4.79 Å². The smallest absolute Gasteiger partial charge is 0.333 e. The first-order valence-electron chi connectivity index (χ1n) is 4.90. The zero-order chi connectivity index (χ0) is 11.2. The van der Waals surface area contributed by atoms with Gasteiger partial charge in [0.05, 0.1) is 12.7 Å². The number of esters is 1. The highest BCUT2D eigenvalue weighted by Crippen LogP contribution is 2.19. The molecule has 0 radical (unpaired) electrons. The predicted molar refractivity (Wildman–Crippen MR) is 56.1 cm³/mol. The first-order chi connectivity index (χ1) is 6.49. The van der Waals surface area contributed by atoms with Crippen LogP contribution in [0.2, 0.25) is 0 Å². The van der Waals surface area contributed by atoms with E-state index in [-0.39, 0.29) is 11.6 Å².